The summed E-state index contributed by atoms with van der Waals surface area (Å²) in [7, 11) is 1.54. The van der Waals surface area contributed by atoms with Crippen LogP contribution in [0.25, 0.3) is 0 Å². The van der Waals surface area contributed by atoms with E-state index in [0.717, 1.165) is 3.70 Å². The third-order valence-corrected chi connectivity index (χ3v) is 3.26. The van der Waals surface area contributed by atoms with Gasteiger partial charge < -0.3 is 19.7 Å². The van der Waals surface area contributed by atoms with Gasteiger partial charge in [-0.05, 0) is 43.4 Å². The predicted molar refractivity (Wildman–Crippen MR) is 101 cm³/mol. The summed E-state index contributed by atoms with van der Waals surface area (Å²) in [5.41, 5.74) is -0.609. The van der Waals surface area contributed by atoms with Gasteiger partial charge in [0.1, 0.15) is 15.9 Å². The molecule has 2 amide bonds. The van der Waals surface area contributed by atoms with Gasteiger partial charge in [0.15, 0.2) is 0 Å². The average molecular weight is 462 g/mol. The van der Waals surface area contributed by atoms with E-state index in [1.165, 1.54) is 24.2 Å². The Morgan fingerprint density at radius 1 is 1.32 bits per heavy atom. The van der Waals surface area contributed by atoms with Crippen LogP contribution in [-0.2, 0) is 9.53 Å². The SMILES string of the molecule is CNC(=O)/C=C/CN(CCOc1cnc(I)cn1)C(=O)OC(C)(C)C. The van der Waals surface area contributed by atoms with E-state index in [2.05, 4.69) is 37.9 Å². The number of nitrogens with zero attached hydrogens (tertiary/aromatic N) is 3. The molecule has 0 saturated heterocycles. The van der Waals surface area contributed by atoms with Crippen molar-refractivity contribution in [1.82, 2.24) is 20.2 Å². The summed E-state index contributed by atoms with van der Waals surface area (Å²) in [5, 5.41) is 2.47. The number of halogens is 1. The number of rotatable bonds is 7. The quantitative estimate of drug-likeness (QED) is 0.492. The highest BCUT2D eigenvalue weighted by molar-refractivity contribution is 14.1. The van der Waals surface area contributed by atoms with Crippen LogP contribution in [-0.4, -0.2) is 59.2 Å². The van der Waals surface area contributed by atoms with Crippen molar-refractivity contribution in [1.29, 1.82) is 0 Å². The standard InChI is InChI=1S/C16H23IN4O4/c1-16(2,3)25-15(23)21(7-5-6-13(22)18-4)8-9-24-14-11-19-12(17)10-20-14/h5-6,10-11H,7-9H2,1-4H3,(H,18,22)/b6-5+. The van der Waals surface area contributed by atoms with Crippen LogP contribution in [0.1, 0.15) is 20.8 Å². The first-order valence-corrected chi connectivity index (χ1v) is 8.75. The maximum atomic E-state index is 12.3. The van der Waals surface area contributed by atoms with Gasteiger partial charge in [0, 0.05) is 19.7 Å². The van der Waals surface area contributed by atoms with Crippen LogP contribution >= 0.6 is 22.6 Å². The van der Waals surface area contributed by atoms with E-state index in [0.29, 0.717) is 5.88 Å². The first-order valence-electron chi connectivity index (χ1n) is 7.68. The predicted octanol–water partition coefficient (Wildman–Crippen LogP) is 2.00. The van der Waals surface area contributed by atoms with Crippen molar-refractivity contribution >= 4 is 34.6 Å². The van der Waals surface area contributed by atoms with Crippen LogP contribution in [0.4, 0.5) is 4.79 Å². The van der Waals surface area contributed by atoms with Gasteiger partial charge in [0.05, 0.1) is 18.9 Å². The molecular weight excluding hydrogens is 439 g/mol. The molecule has 1 aromatic heterocycles. The number of nitrogens with one attached hydrogen (secondary N) is 1. The Kier molecular flexibility index (Phi) is 8.59. The highest BCUT2D eigenvalue weighted by atomic mass is 127. The number of hydrogen-bond donors (Lipinski definition) is 1. The van der Waals surface area contributed by atoms with E-state index in [1.807, 2.05) is 0 Å². The Morgan fingerprint density at radius 3 is 2.60 bits per heavy atom. The monoisotopic (exact) mass is 462 g/mol. The molecule has 8 nitrogen and oxygen atoms in total. The van der Waals surface area contributed by atoms with Crippen LogP contribution in [0.5, 0.6) is 5.88 Å². The summed E-state index contributed by atoms with van der Waals surface area (Å²) in [6.45, 7) is 6.11. The minimum atomic E-state index is -0.609. The molecule has 0 saturated carbocycles. The van der Waals surface area contributed by atoms with Crippen molar-refractivity contribution < 1.29 is 19.1 Å². The third-order valence-electron chi connectivity index (χ3n) is 2.70. The van der Waals surface area contributed by atoms with E-state index in [-0.39, 0.29) is 25.6 Å². The van der Waals surface area contributed by atoms with Gasteiger partial charge in [0.2, 0.25) is 11.8 Å². The van der Waals surface area contributed by atoms with E-state index in [4.69, 9.17) is 9.47 Å². The second kappa shape index (κ2) is 10.2. The fourth-order valence-corrected chi connectivity index (χ4v) is 1.87. The minimum absolute atomic E-state index is 0.225. The lowest BCUT2D eigenvalue weighted by Crippen LogP contribution is -2.39. The van der Waals surface area contributed by atoms with Crippen molar-refractivity contribution in [2.24, 2.45) is 0 Å². The second-order valence-electron chi connectivity index (χ2n) is 5.97. The maximum absolute atomic E-state index is 12.3. The lowest BCUT2D eigenvalue weighted by atomic mass is 10.2. The molecular formula is C16H23IN4O4. The van der Waals surface area contributed by atoms with Gasteiger partial charge in [-0.2, -0.15) is 0 Å². The first kappa shape index (κ1) is 21.1. The Bertz CT molecular complexity index is 599. The van der Waals surface area contributed by atoms with Crippen molar-refractivity contribution in [3.8, 4) is 5.88 Å². The van der Waals surface area contributed by atoms with E-state index in [1.54, 1.807) is 33.0 Å². The molecule has 1 heterocycles. The molecule has 0 aromatic carbocycles. The van der Waals surface area contributed by atoms with Crippen molar-refractivity contribution in [2.45, 2.75) is 26.4 Å². The molecule has 1 aromatic rings. The Hall–Kier alpha value is -1.91. The number of carbonyl (C=O) groups is 2. The number of carbonyl (C=O) groups excluding carboxylic acids is 2. The summed E-state index contributed by atoms with van der Waals surface area (Å²) >= 11 is 2.05. The van der Waals surface area contributed by atoms with Crippen molar-refractivity contribution in [2.75, 3.05) is 26.7 Å². The Labute approximate surface area is 161 Å². The highest BCUT2D eigenvalue weighted by Gasteiger charge is 2.21. The topological polar surface area (TPSA) is 93.7 Å². The summed E-state index contributed by atoms with van der Waals surface area (Å²) in [6, 6.07) is 0. The molecule has 0 fully saturated rings. The molecule has 0 atom stereocenters. The summed E-state index contributed by atoms with van der Waals surface area (Å²) in [4.78, 5) is 33.1. The second-order valence-corrected chi connectivity index (χ2v) is 7.07. The normalized spacial score (nSPS) is 11.2. The zero-order valence-electron chi connectivity index (χ0n) is 14.8. The fourth-order valence-electron chi connectivity index (χ4n) is 1.59. The minimum Gasteiger partial charge on any atom is -0.475 e. The molecule has 0 bridgehead atoms. The van der Waals surface area contributed by atoms with Gasteiger partial charge in [-0.15, -0.1) is 0 Å². The van der Waals surface area contributed by atoms with Crippen molar-refractivity contribution in [3.63, 3.8) is 0 Å². The molecule has 0 spiro atoms. The number of likely N-dealkylation sites (N-methyl/N-ethyl adjacent to an activating group) is 1. The van der Waals surface area contributed by atoms with Gasteiger partial charge >= 0.3 is 6.09 Å². The lowest BCUT2D eigenvalue weighted by molar-refractivity contribution is -0.116. The van der Waals surface area contributed by atoms with E-state index < -0.39 is 11.7 Å². The van der Waals surface area contributed by atoms with Gasteiger partial charge in [0.25, 0.3) is 0 Å². The van der Waals surface area contributed by atoms with Crippen LogP contribution in [0.15, 0.2) is 24.5 Å². The van der Waals surface area contributed by atoms with Crippen LogP contribution < -0.4 is 10.1 Å². The number of ether oxygens (including phenoxy) is 2. The third kappa shape index (κ3) is 9.22. The van der Waals surface area contributed by atoms with Gasteiger partial charge in [-0.25, -0.2) is 14.8 Å². The molecule has 0 aliphatic heterocycles. The molecule has 0 unspecified atom stereocenters. The fraction of sp³-hybridized carbons (Fsp3) is 0.500. The summed E-state index contributed by atoms with van der Waals surface area (Å²) < 4.78 is 11.6. The van der Waals surface area contributed by atoms with Gasteiger partial charge in [-0.3, -0.25) is 4.79 Å². The Morgan fingerprint density at radius 2 is 2.04 bits per heavy atom. The number of aromatic nitrogens is 2. The lowest BCUT2D eigenvalue weighted by Gasteiger charge is -2.26. The Balaban J connectivity index is 2.62. The molecule has 9 heteroatoms. The van der Waals surface area contributed by atoms with E-state index in [9.17, 15) is 9.59 Å². The number of hydrogen-bond acceptors (Lipinski definition) is 6. The number of amides is 2. The molecule has 0 aliphatic rings. The molecule has 138 valence electrons. The molecule has 0 aliphatic carbocycles. The zero-order valence-corrected chi connectivity index (χ0v) is 16.9. The highest BCUT2D eigenvalue weighted by Crippen LogP contribution is 2.10. The van der Waals surface area contributed by atoms with Crippen LogP contribution in [0.2, 0.25) is 0 Å². The first-order chi connectivity index (χ1) is 11.7. The molecule has 0 radical (unpaired) electrons. The van der Waals surface area contributed by atoms with Gasteiger partial charge in [-0.1, -0.05) is 6.08 Å². The average Bonchev–Trinajstić information content (AvgIpc) is 2.53. The van der Waals surface area contributed by atoms with Crippen LogP contribution in [0.3, 0.4) is 0 Å². The largest absolute Gasteiger partial charge is 0.475 e. The zero-order chi connectivity index (χ0) is 18.9. The molecule has 25 heavy (non-hydrogen) atoms. The molecule has 1 rings (SSSR count). The van der Waals surface area contributed by atoms with Crippen molar-refractivity contribution in [3.05, 3.63) is 28.2 Å². The van der Waals surface area contributed by atoms with Crippen LogP contribution in [0, 0.1) is 3.70 Å². The van der Waals surface area contributed by atoms with E-state index >= 15 is 0 Å². The maximum Gasteiger partial charge on any atom is 0.410 e. The summed E-state index contributed by atoms with van der Waals surface area (Å²) in [5.74, 6) is 0.139. The smallest absolute Gasteiger partial charge is 0.410 e. The summed E-state index contributed by atoms with van der Waals surface area (Å²) in [6.07, 6.45) is 5.58. The molecule has 1 N–H and O–H groups in total.